The Hall–Kier alpha value is -4.37. The van der Waals surface area contributed by atoms with E-state index in [0.29, 0.717) is 17.0 Å². The number of sulfone groups is 1. The zero-order valence-electron chi connectivity index (χ0n) is 20.3. The molecule has 6 rings (SSSR count). The predicted octanol–water partition coefficient (Wildman–Crippen LogP) is 5.34. The number of nitro groups is 1. The lowest BCUT2D eigenvalue weighted by molar-refractivity contribution is -0.384. The van der Waals surface area contributed by atoms with Crippen LogP contribution in [0.5, 0.6) is 0 Å². The Morgan fingerprint density at radius 1 is 1.03 bits per heavy atom. The van der Waals surface area contributed by atoms with E-state index in [-0.39, 0.29) is 23.5 Å². The molecule has 0 spiro atoms. The molecular weight excluding hydrogens is 500 g/mol. The van der Waals surface area contributed by atoms with Crippen molar-refractivity contribution in [1.82, 2.24) is 0 Å². The van der Waals surface area contributed by atoms with Crippen LogP contribution in [0.15, 0.2) is 105 Å². The lowest BCUT2D eigenvalue weighted by Crippen LogP contribution is -2.25. The molecule has 2 unspecified atom stereocenters. The summed E-state index contributed by atoms with van der Waals surface area (Å²) in [7, 11) is -3.50. The minimum absolute atomic E-state index is 0.0303. The van der Waals surface area contributed by atoms with Crippen molar-refractivity contribution in [2.45, 2.75) is 29.2 Å². The van der Waals surface area contributed by atoms with Gasteiger partial charge in [-0.1, -0.05) is 30.3 Å². The molecule has 38 heavy (non-hydrogen) atoms. The molecule has 0 saturated heterocycles. The molecule has 0 bridgehead atoms. The first kappa shape index (κ1) is 24.0. The molecule has 0 fully saturated rings. The summed E-state index contributed by atoms with van der Waals surface area (Å²) in [5.41, 5.74) is 6.61. The van der Waals surface area contributed by atoms with E-state index in [1.807, 2.05) is 36.7 Å². The molecule has 9 heteroatoms. The Morgan fingerprint density at radius 3 is 2.53 bits per heavy atom. The highest BCUT2D eigenvalue weighted by molar-refractivity contribution is 7.90. The smallest absolute Gasteiger partial charge is 0.269 e. The lowest BCUT2D eigenvalue weighted by atomic mass is 9.78. The van der Waals surface area contributed by atoms with E-state index in [0.717, 1.165) is 40.0 Å². The van der Waals surface area contributed by atoms with Crippen LogP contribution in [0.2, 0.25) is 0 Å². The Morgan fingerprint density at radius 2 is 1.82 bits per heavy atom. The number of non-ortho nitro benzene ring substituents is 1. The molecule has 3 heterocycles. The van der Waals surface area contributed by atoms with Crippen molar-refractivity contribution in [1.29, 1.82) is 0 Å². The summed E-state index contributed by atoms with van der Waals surface area (Å²) in [6.45, 7) is 0.674. The number of fused-ring (bicyclic) bond motifs is 3. The van der Waals surface area contributed by atoms with E-state index in [2.05, 4.69) is 10.3 Å². The van der Waals surface area contributed by atoms with Gasteiger partial charge in [0.25, 0.3) is 5.69 Å². The number of hydrogen-bond donors (Lipinski definition) is 1. The largest absolute Gasteiger partial charge is 0.363 e. The minimum Gasteiger partial charge on any atom is -0.363 e. The van der Waals surface area contributed by atoms with Gasteiger partial charge in [-0.3, -0.25) is 20.1 Å². The summed E-state index contributed by atoms with van der Waals surface area (Å²) >= 11 is 0. The first-order valence-corrected chi connectivity index (χ1v) is 13.9. The molecule has 0 saturated carbocycles. The van der Waals surface area contributed by atoms with Crippen molar-refractivity contribution < 1.29 is 13.3 Å². The Balaban J connectivity index is 1.44. The summed E-state index contributed by atoms with van der Waals surface area (Å²) in [5.74, 6) is -0.244. The Kier molecular flexibility index (Phi) is 6.00. The van der Waals surface area contributed by atoms with Gasteiger partial charge in [0, 0.05) is 42.4 Å². The molecule has 3 aliphatic heterocycles. The summed E-state index contributed by atoms with van der Waals surface area (Å²) < 4.78 is 26.2. The summed E-state index contributed by atoms with van der Waals surface area (Å²) in [4.78, 5) is 20.2. The maximum Gasteiger partial charge on any atom is 0.269 e. The van der Waals surface area contributed by atoms with Crippen LogP contribution in [-0.4, -0.2) is 38.5 Å². The third-order valence-corrected chi connectivity index (χ3v) is 8.82. The highest BCUT2D eigenvalue weighted by atomic mass is 32.2. The van der Waals surface area contributed by atoms with Gasteiger partial charge < -0.3 is 5.32 Å². The van der Waals surface area contributed by atoms with Crippen LogP contribution in [0, 0.1) is 10.1 Å². The molecule has 3 aromatic carbocycles. The molecule has 0 aromatic heterocycles. The molecule has 0 radical (unpaired) electrons. The number of anilines is 1. The molecule has 3 aromatic rings. The second-order valence-electron chi connectivity index (χ2n) is 9.47. The quantitative estimate of drug-likeness (QED) is 0.345. The third kappa shape index (κ3) is 4.35. The SMILES string of the molecule is O=[N+]([O-])c1ccc(C2=C(C3=CC=NCC3)C3c4cc(CS(=O)(=O)c5ccccc5)ccc4NC3N=C2)cc1. The van der Waals surface area contributed by atoms with Crippen LogP contribution in [0.1, 0.15) is 29.0 Å². The van der Waals surface area contributed by atoms with Gasteiger partial charge in [-0.15, -0.1) is 0 Å². The highest BCUT2D eigenvalue weighted by Crippen LogP contribution is 2.49. The second-order valence-corrected chi connectivity index (χ2v) is 11.5. The number of dihydropyridines is 2. The van der Waals surface area contributed by atoms with Gasteiger partial charge in [0.05, 0.1) is 21.5 Å². The fourth-order valence-electron chi connectivity index (χ4n) is 5.34. The number of hydrogen-bond acceptors (Lipinski definition) is 7. The van der Waals surface area contributed by atoms with Crippen LogP contribution >= 0.6 is 0 Å². The van der Waals surface area contributed by atoms with Crippen LogP contribution in [0.25, 0.3) is 5.57 Å². The van der Waals surface area contributed by atoms with Gasteiger partial charge in [0.15, 0.2) is 9.84 Å². The average molecular weight is 525 g/mol. The monoisotopic (exact) mass is 524 g/mol. The van der Waals surface area contributed by atoms with Crippen molar-refractivity contribution >= 4 is 39.2 Å². The topological polar surface area (TPSA) is 114 Å². The van der Waals surface area contributed by atoms with Gasteiger partial charge in [-0.25, -0.2) is 8.42 Å². The first-order chi connectivity index (χ1) is 18.4. The van der Waals surface area contributed by atoms with Crippen molar-refractivity contribution in [2.24, 2.45) is 9.98 Å². The fraction of sp³-hybridized carbons (Fsp3) is 0.172. The molecule has 1 N–H and O–H groups in total. The van der Waals surface area contributed by atoms with E-state index in [1.165, 1.54) is 12.1 Å². The van der Waals surface area contributed by atoms with Crippen molar-refractivity contribution in [3.05, 3.63) is 117 Å². The normalized spacial score (nSPS) is 19.9. The van der Waals surface area contributed by atoms with E-state index >= 15 is 0 Å². The molecule has 0 amide bonds. The highest BCUT2D eigenvalue weighted by Gasteiger charge is 2.39. The second kappa shape index (κ2) is 9.50. The number of benzene rings is 3. The number of nitrogens with zero attached hydrogens (tertiary/aromatic N) is 3. The minimum atomic E-state index is -3.50. The summed E-state index contributed by atoms with van der Waals surface area (Å²) in [5, 5.41) is 14.7. The number of allylic oxidation sites excluding steroid dienone is 2. The van der Waals surface area contributed by atoms with Gasteiger partial charge in [0.2, 0.25) is 0 Å². The molecule has 0 aliphatic carbocycles. The molecule has 190 valence electrons. The van der Waals surface area contributed by atoms with Crippen LogP contribution in [0.4, 0.5) is 11.4 Å². The van der Waals surface area contributed by atoms with Gasteiger partial charge >= 0.3 is 0 Å². The van der Waals surface area contributed by atoms with Crippen LogP contribution in [0.3, 0.4) is 0 Å². The standard InChI is InChI=1S/C29H24N4O4S/c34-33(35)22-9-7-20(8-10-22)25-17-31-29-28(27(25)21-12-14-30-15-13-21)24-16-19(6-11-26(24)32-29)18-38(36,37)23-4-2-1-3-5-23/h1-12,14,16-17,28-29,32H,13,15,18H2. The lowest BCUT2D eigenvalue weighted by Gasteiger charge is -2.29. The predicted molar refractivity (Wildman–Crippen MR) is 148 cm³/mol. The number of rotatable bonds is 6. The fourth-order valence-corrected chi connectivity index (χ4v) is 6.69. The summed E-state index contributed by atoms with van der Waals surface area (Å²) in [6, 6.07) is 20.7. The maximum absolute atomic E-state index is 13.1. The molecular formula is C29H24N4O4S. The Bertz CT molecular complexity index is 1660. The Labute approximate surface area is 220 Å². The summed E-state index contributed by atoms with van der Waals surface area (Å²) in [6.07, 6.45) is 6.19. The van der Waals surface area contributed by atoms with Crippen molar-refractivity contribution in [3.63, 3.8) is 0 Å². The van der Waals surface area contributed by atoms with Crippen LogP contribution in [-0.2, 0) is 15.6 Å². The molecule has 2 atom stereocenters. The number of nitro benzene ring substituents is 1. The van der Waals surface area contributed by atoms with Crippen molar-refractivity contribution in [3.8, 4) is 0 Å². The van der Waals surface area contributed by atoms with Crippen molar-refractivity contribution in [2.75, 3.05) is 11.9 Å². The van der Waals surface area contributed by atoms with E-state index in [9.17, 15) is 18.5 Å². The van der Waals surface area contributed by atoms with E-state index < -0.39 is 14.8 Å². The maximum atomic E-state index is 13.1. The average Bonchev–Trinajstić information content (AvgIpc) is 3.31. The third-order valence-electron chi connectivity index (χ3n) is 7.12. The first-order valence-electron chi connectivity index (χ1n) is 12.3. The van der Waals surface area contributed by atoms with Gasteiger partial charge in [-0.05, 0) is 70.7 Å². The zero-order valence-corrected chi connectivity index (χ0v) is 21.1. The number of nitrogens with one attached hydrogen (secondary N) is 1. The van der Waals surface area contributed by atoms with E-state index in [4.69, 9.17) is 4.99 Å². The molecule has 8 nitrogen and oxygen atoms in total. The van der Waals surface area contributed by atoms with E-state index in [1.54, 1.807) is 42.5 Å². The van der Waals surface area contributed by atoms with Gasteiger partial charge in [0.1, 0.15) is 6.17 Å². The van der Waals surface area contributed by atoms with Gasteiger partial charge in [-0.2, -0.15) is 0 Å². The zero-order chi connectivity index (χ0) is 26.3. The molecule has 3 aliphatic rings. The number of aliphatic imine (C=N–C) groups is 2. The van der Waals surface area contributed by atoms with Crippen LogP contribution < -0.4 is 5.32 Å².